The van der Waals surface area contributed by atoms with E-state index in [1.165, 1.54) is 5.56 Å². The number of nitrogens with zero attached hydrogens (tertiary/aromatic N) is 3. The summed E-state index contributed by atoms with van der Waals surface area (Å²) in [6.45, 7) is 8.83. The first-order chi connectivity index (χ1) is 9.55. The van der Waals surface area contributed by atoms with Crippen LogP contribution in [0, 0.1) is 11.3 Å². The monoisotopic (exact) mass is 273 g/mol. The molecule has 108 valence electrons. The first kappa shape index (κ1) is 14.8. The van der Waals surface area contributed by atoms with E-state index in [4.69, 9.17) is 4.74 Å². The Morgan fingerprint density at radius 1 is 1.25 bits per heavy atom. The summed E-state index contributed by atoms with van der Waals surface area (Å²) in [6.07, 6.45) is 0. The second-order valence-electron chi connectivity index (χ2n) is 5.79. The summed E-state index contributed by atoms with van der Waals surface area (Å²) in [6, 6.07) is 10.6. The number of hydrogen-bond donors (Lipinski definition) is 0. The number of benzene rings is 1. The Bertz CT molecular complexity index is 485. The second-order valence-corrected chi connectivity index (χ2v) is 5.79. The zero-order valence-electron chi connectivity index (χ0n) is 12.6. The third kappa shape index (κ3) is 3.50. The van der Waals surface area contributed by atoms with Crippen LogP contribution in [-0.2, 0) is 6.54 Å². The molecule has 1 aliphatic heterocycles. The van der Waals surface area contributed by atoms with Gasteiger partial charge in [0.2, 0.25) is 0 Å². The third-order valence-corrected chi connectivity index (χ3v) is 3.98. The molecule has 0 atom stereocenters. The van der Waals surface area contributed by atoms with E-state index in [0.29, 0.717) is 0 Å². The molecule has 4 nitrogen and oxygen atoms in total. The van der Waals surface area contributed by atoms with Crippen molar-refractivity contribution in [1.82, 2.24) is 9.80 Å². The van der Waals surface area contributed by atoms with E-state index in [0.717, 1.165) is 38.5 Å². The number of hydrogen-bond acceptors (Lipinski definition) is 4. The molecule has 0 unspecified atom stereocenters. The van der Waals surface area contributed by atoms with Gasteiger partial charge >= 0.3 is 0 Å². The molecular weight excluding hydrogens is 250 g/mol. The molecule has 4 heteroatoms. The molecule has 0 spiro atoms. The fraction of sp³-hybridized carbons (Fsp3) is 0.562. The zero-order chi connectivity index (χ0) is 14.6. The maximum absolute atomic E-state index is 9.19. The van der Waals surface area contributed by atoms with Crippen molar-refractivity contribution in [2.24, 2.45) is 0 Å². The predicted molar refractivity (Wildman–Crippen MR) is 79.5 cm³/mol. The van der Waals surface area contributed by atoms with Crippen molar-refractivity contribution < 1.29 is 4.74 Å². The summed E-state index contributed by atoms with van der Waals surface area (Å²) in [5.74, 6) is 0.909. The van der Waals surface area contributed by atoms with Gasteiger partial charge in [0.05, 0.1) is 13.2 Å². The van der Waals surface area contributed by atoms with Gasteiger partial charge in [0.1, 0.15) is 11.3 Å². The van der Waals surface area contributed by atoms with Gasteiger partial charge in [-0.2, -0.15) is 5.26 Å². The summed E-state index contributed by atoms with van der Waals surface area (Å²) in [7, 11) is 1.70. The number of rotatable bonds is 4. The van der Waals surface area contributed by atoms with Crippen LogP contribution in [0.25, 0.3) is 0 Å². The van der Waals surface area contributed by atoms with Crippen molar-refractivity contribution in [2.75, 3.05) is 33.3 Å². The summed E-state index contributed by atoms with van der Waals surface area (Å²) >= 11 is 0. The first-order valence-electron chi connectivity index (χ1n) is 7.07. The molecule has 1 aliphatic rings. The molecule has 0 aromatic heterocycles. The highest BCUT2D eigenvalue weighted by Gasteiger charge is 2.29. The van der Waals surface area contributed by atoms with Crippen LogP contribution >= 0.6 is 0 Å². The average molecular weight is 273 g/mol. The fourth-order valence-corrected chi connectivity index (χ4v) is 2.56. The van der Waals surface area contributed by atoms with E-state index in [1.807, 2.05) is 26.0 Å². The molecule has 1 fully saturated rings. The Labute approximate surface area is 121 Å². The molecular formula is C16H23N3O. The molecule has 1 saturated heterocycles. The number of nitriles is 1. The Morgan fingerprint density at radius 3 is 2.55 bits per heavy atom. The number of methoxy groups -OCH3 is 1. The van der Waals surface area contributed by atoms with E-state index >= 15 is 0 Å². The standard InChI is InChI=1S/C16H23N3O/c1-16(2,13-17)19-9-7-18(8-10-19)12-14-5-4-6-15(11-14)20-3/h4-6,11H,7-10,12H2,1-3H3. The SMILES string of the molecule is COc1cccc(CN2CCN(C(C)(C)C#N)CC2)c1. The predicted octanol–water partition coefficient (Wildman–Crippen LogP) is 2.11. The van der Waals surface area contributed by atoms with Gasteiger partial charge in [-0.25, -0.2) is 0 Å². The van der Waals surface area contributed by atoms with Crippen molar-refractivity contribution in [3.05, 3.63) is 29.8 Å². The minimum Gasteiger partial charge on any atom is -0.497 e. The van der Waals surface area contributed by atoms with Gasteiger partial charge in [0.25, 0.3) is 0 Å². The lowest BCUT2D eigenvalue weighted by atomic mass is 10.0. The Balaban J connectivity index is 1.90. The minimum absolute atomic E-state index is 0.359. The van der Waals surface area contributed by atoms with Gasteiger partial charge < -0.3 is 4.74 Å². The normalized spacial score (nSPS) is 17.7. The molecule has 2 rings (SSSR count). The number of ether oxygens (including phenoxy) is 1. The summed E-state index contributed by atoms with van der Waals surface area (Å²) < 4.78 is 5.26. The smallest absolute Gasteiger partial charge is 0.119 e. The van der Waals surface area contributed by atoms with Crippen LogP contribution in [0.5, 0.6) is 5.75 Å². The van der Waals surface area contributed by atoms with Crippen LogP contribution in [-0.4, -0.2) is 48.6 Å². The van der Waals surface area contributed by atoms with Crippen LogP contribution in [0.1, 0.15) is 19.4 Å². The molecule has 1 aromatic carbocycles. The van der Waals surface area contributed by atoms with E-state index in [2.05, 4.69) is 28.0 Å². The molecule has 0 saturated carbocycles. The summed E-state index contributed by atoms with van der Waals surface area (Å²) in [4.78, 5) is 4.69. The lowest BCUT2D eigenvalue weighted by molar-refractivity contribution is 0.0764. The van der Waals surface area contributed by atoms with Crippen LogP contribution in [0.4, 0.5) is 0 Å². The quantitative estimate of drug-likeness (QED) is 0.842. The van der Waals surface area contributed by atoms with Gasteiger partial charge in [-0.15, -0.1) is 0 Å². The van der Waals surface area contributed by atoms with Crippen LogP contribution in [0.3, 0.4) is 0 Å². The third-order valence-electron chi connectivity index (χ3n) is 3.98. The molecule has 0 bridgehead atoms. The van der Waals surface area contributed by atoms with E-state index in [9.17, 15) is 5.26 Å². The molecule has 0 N–H and O–H groups in total. The van der Waals surface area contributed by atoms with Crippen molar-refractivity contribution in [1.29, 1.82) is 5.26 Å². The number of piperazine rings is 1. The molecule has 0 aliphatic carbocycles. The largest absolute Gasteiger partial charge is 0.497 e. The fourth-order valence-electron chi connectivity index (χ4n) is 2.56. The van der Waals surface area contributed by atoms with Crippen molar-refractivity contribution in [2.45, 2.75) is 25.9 Å². The second kappa shape index (κ2) is 6.25. The Hall–Kier alpha value is -1.57. The highest BCUT2D eigenvalue weighted by Crippen LogP contribution is 2.18. The molecule has 0 amide bonds. The molecule has 1 heterocycles. The average Bonchev–Trinajstić information content (AvgIpc) is 2.48. The van der Waals surface area contributed by atoms with E-state index in [1.54, 1.807) is 7.11 Å². The first-order valence-corrected chi connectivity index (χ1v) is 7.07. The topological polar surface area (TPSA) is 39.5 Å². The lowest BCUT2D eigenvalue weighted by Gasteiger charge is -2.40. The van der Waals surface area contributed by atoms with Gasteiger partial charge in [-0.3, -0.25) is 9.80 Å². The van der Waals surface area contributed by atoms with Gasteiger partial charge in [-0.05, 0) is 31.5 Å². The minimum atomic E-state index is -0.359. The Kier molecular flexibility index (Phi) is 4.64. The molecule has 0 radical (unpaired) electrons. The Morgan fingerprint density at radius 2 is 1.95 bits per heavy atom. The lowest BCUT2D eigenvalue weighted by Crippen LogP contribution is -2.53. The summed E-state index contributed by atoms with van der Waals surface area (Å²) in [5.41, 5.74) is 0.916. The molecule has 1 aromatic rings. The highest BCUT2D eigenvalue weighted by atomic mass is 16.5. The maximum Gasteiger partial charge on any atom is 0.119 e. The van der Waals surface area contributed by atoms with Crippen molar-refractivity contribution in [3.8, 4) is 11.8 Å². The van der Waals surface area contributed by atoms with Gasteiger partial charge in [0, 0.05) is 32.7 Å². The summed E-state index contributed by atoms with van der Waals surface area (Å²) in [5, 5.41) is 9.19. The van der Waals surface area contributed by atoms with Gasteiger partial charge in [0.15, 0.2) is 0 Å². The van der Waals surface area contributed by atoms with Crippen molar-refractivity contribution >= 4 is 0 Å². The van der Waals surface area contributed by atoms with E-state index in [-0.39, 0.29) is 5.54 Å². The van der Waals surface area contributed by atoms with Crippen LogP contribution in [0.2, 0.25) is 0 Å². The van der Waals surface area contributed by atoms with Crippen LogP contribution in [0.15, 0.2) is 24.3 Å². The van der Waals surface area contributed by atoms with Gasteiger partial charge in [-0.1, -0.05) is 12.1 Å². The maximum atomic E-state index is 9.19. The van der Waals surface area contributed by atoms with Crippen molar-refractivity contribution in [3.63, 3.8) is 0 Å². The van der Waals surface area contributed by atoms with Crippen LogP contribution < -0.4 is 4.74 Å². The molecule has 20 heavy (non-hydrogen) atoms. The van der Waals surface area contributed by atoms with E-state index < -0.39 is 0 Å². The zero-order valence-corrected chi connectivity index (χ0v) is 12.6. The highest BCUT2D eigenvalue weighted by molar-refractivity contribution is 5.28.